The van der Waals surface area contributed by atoms with Crippen LogP contribution in [0.5, 0.6) is 0 Å². The number of hydrogen-bond donors (Lipinski definition) is 2. The van der Waals surface area contributed by atoms with Gasteiger partial charge in [0.1, 0.15) is 6.04 Å². The van der Waals surface area contributed by atoms with E-state index in [0.717, 1.165) is 4.90 Å². The zero-order chi connectivity index (χ0) is 15.8. The minimum absolute atomic E-state index is 0.0288. The van der Waals surface area contributed by atoms with E-state index in [-0.39, 0.29) is 38.6 Å². The highest BCUT2D eigenvalue weighted by atomic mass is 19.4. The number of β-amino-alcohol motifs (C(OH)–C–C–N with tert-alkyl or cyclic N) is 1. The third-order valence-corrected chi connectivity index (χ3v) is 4.39. The van der Waals surface area contributed by atoms with Crippen molar-refractivity contribution < 1.29 is 33.0 Å². The predicted octanol–water partition coefficient (Wildman–Crippen LogP) is 1.40. The summed E-state index contributed by atoms with van der Waals surface area (Å²) in [7, 11) is 0. The highest BCUT2D eigenvalue weighted by Gasteiger charge is 2.45. The number of aliphatic hydroxyl groups is 1. The number of aliphatic hydroxyl groups excluding tert-OH is 1. The van der Waals surface area contributed by atoms with Crippen molar-refractivity contribution in [2.24, 2.45) is 11.8 Å². The Morgan fingerprint density at radius 1 is 1.10 bits per heavy atom. The Kier molecular flexibility index (Phi) is 4.46. The lowest BCUT2D eigenvalue weighted by atomic mass is 9.81. The molecule has 0 spiro atoms. The molecular formula is C13H18F3NO4. The van der Waals surface area contributed by atoms with Crippen LogP contribution < -0.4 is 0 Å². The van der Waals surface area contributed by atoms with Crippen LogP contribution in [-0.4, -0.2) is 51.9 Å². The van der Waals surface area contributed by atoms with Gasteiger partial charge in [0.25, 0.3) is 0 Å². The molecule has 5 nitrogen and oxygen atoms in total. The highest BCUT2D eigenvalue weighted by Crippen LogP contribution is 2.40. The smallest absolute Gasteiger partial charge is 0.391 e. The number of carbonyl (C=O) groups excluding carboxylic acids is 1. The van der Waals surface area contributed by atoms with Crippen molar-refractivity contribution in [3.05, 3.63) is 0 Å². The standard InChI is InChI=1S/C13H18F3NO4/c14-13(15,16)8-3-1-7(2-4-8)11(19)17-6-9(18)5-10(17)12(20)21/h7-10,18H,1-6H2,(H,20,21)/t7?,8?,9-,10+/m1/s1. The Bertz CT molecular complexity index is 418. The second-order valence-electron chi connectivity index (χ2n) is 5.82. The average Bonchev–Trinajstić information content (AvgIpc) is 2.79. The van der Waals surface area contributed by atoms with E-state index in [2.05, 4.69) is 0 Å². The lowest BCUT2D eigenvalue weighted by Gasteiger charge is -2.32. The monoisotopic (exact) mass is 309 g/mol. The normalized spacial score (nSPS) is 34.0. The van der Waals surface area contributed by atoms with Crippen molar-refractivity contribution >= 4 is 11.9 Å². The first-order valence-electron chi connectivity index (χ1n) is 6.98. The molecule has 2 aliphatic rings. The highest BCUT2D eigenvalue weighted by molar-refractivity contribution is 5.85. The molecule has 2 N–H and O–H groups in total. The van der Waals surface area contributed by atoms with E-state index in [4.69, 9.17) is 5.11 Å². The van der Waals surface area contributed by atoms with Crippen molar-refractivity contribution in [2.75, 3.05) is 6.54 Å². The summed E-state index contributed by atoms with van der Waals surface area (Å²) in [5.74, 6) is -3.58. The van der Waals surface area contributed by atoms with Gasteiger partial charge in [-0.05, 0) is 25.7 Å². The van der Waals surface area contributed by atoms with Crippen LogP contribution in [0.4, 0.5) is 13.2 Å². The van der Waals surface area contributed by atoms with Gasteiger partial charge in [-0.25, -0.2) is 4.79 Å². The molecule has 0 aromatic carbocycles. The number of rotatable bonds is 2. The van der Waals surface area contributed by atoms with Gasteiger partial charge in [-0.15, -0.1) is 0 Å². The molecular weight excluding hydrogens is 291 g/mol. The van der Waals surface area contributed by atoms with Gasteiger partial charge in [-0.1, -0.05) is 0 Å². The molecule has 1 saturated heterocycles. The summed E-state index contributed by atoms with van der Waals surface area (Å²) >= 11 is 0. The number of halogens is 3. The Labute approximate surface area is 119 Å². The van der Waals surface area contributed by atoms with E-state index in [1.54, 1.807) is 0 Å². The van der Waals surface area contributed by atoms with Crippen LogP contribution in [0.2, 0.25) is 0 Å². The number of likely N-dealkylation sites (tertiary alicyclic amines) is 1. The summed E-state index contributed by atoms with van der Waals surface area (Å²) < 4.78 is 37.8. The van der Waals surface area contributed by atoms with Gasteiger partial charge in [0, 0.05) is 18.9 Å². The molecule has 2 fully saturated rings. The topological polar surface area (TPSA) is 77.8 Å². The van der Waals surface area contributed by atoms with Gasteiger partial charge >= 0.3 is 12.1 Å². The third kappa shape index (κ3) is 3.48. The predicted molar refractivity (Wildman–Crippen MR) is 65.3 cm³/mol. The molecule has 1 aliphatic carbocycles. The number of aliphatic carboxylic acids is 1. The largest absolute Gasteiger partial charge is 0.480 e. The number of amides is 1. The second kappa shape index (κ2) is 5.82. The fourth-order valence-corrected chi connectivity index (χ4v) is 3.19. The molecule has 0 aromatic rings. The lowest BCUT2D eigenvalue weighted by molar-refractivity contribution is -0.185. The van der Waals surface area contributed by atoms with Crippen LogP contribution in [0.25, 0.3) is 0 Å². The quantitative estimate of drug-likeness (QED) is 0.808. The summed E-state index contributed by atoms with van der Waals surface area (Å²) in [6.45, 7) is -0.0605. The molecule has 0 unspecified atom stereocenters. The molecule has 2 atom stereocenters. The van der Waals surface area contributed by atoms with Crippen molar-refractivity contribution in [1.29, 1.82) is 0 Å². The first-order chi connectivity index (χ1) is 9.70. The number of alkyl halides is 3. The Hall–Kier alpha value is -1.31. The molecule has 0 radical (unpaired) electrons. The molecule has 120 valence electrons. The van der Waals surface area contributed by atoms with E-state index in [1.807, 2.05) is 0 Å². The first kappa shape index (κ1) is 16.1. The molecule has 0 aromatic heterocycles. The molecule has 1 aliphatic heterocycles. The van der Waals surface area contributed by atoms with Crippen LogP contribution in [-0.2, 0) is 9.59 Å². The minimum atomic E-state index is -4.23. The van der Waals surface area contributed by atoms with E-state index in [0.29, 0.717) is 0 Å². The molecule has 2 rings (SSSR count). The molecule has 0 bridgehead atoms. The average molecular weight is 309 g/mol. The van der Waals surface area contributed by atoms with Crippen molar-refractivity contribution in [3.8, 4) is 0 Å². The van der Waals surface area contributed by atoms with Gasteiger partial charge in [-0.2, -0.15) is 13.2 Å². The number of carbonyl (C=O) groups is 2. The minimum Gasteiger partial charge on any atom is -0.480 e. The van der Waals surface area contributed by atoms with Gasteiger partial charge < -0.3 is 15.1 Å². The maximum atomic E-state index is 12.6. The molecule has 1 heterocycles. The maximum Gasteiger partial charge on any atom is 0.391 e. The van der Waals surface area contributed by atoms with Crippen LogP contribution in [0.3, 0.4) is 0 Å². The summed E-state index contributed by atoms with van der Waals surface area (Å²) in [4.78, 5) is 24.5. The van der Waals surface area contributed by atoms with Crippen molar-refractivity contribution in [3.63, 3.8) is 0 Å². The number of carboxylic acids is 1. The van der Waals surface area contributed by atoms with Crippen LogP contribution >= 0.6 is 0 Å². The first-order valence-corrected chi connectivity index (χ1v) is 6.98. The van der Waals surface area contributed by atoms with E-state index < -0.39 is 42.0 Å². The SMILES string of the molecule is O=C(O)[C@@H]1C[C@@H](O)CN1C(=O)C1CCC(C(F)(F)F)CC1. The van der Waals surface area contributed by atoms with E-state index in [9.17, 15) is 27.9 Å². The van der Waals surface area contributed by atoms with Gasteiger partial charge in [0.05, 0.1) is 12.0 Å². The summed E-state index contributed by atoms with van der Waals surface area (Å²) in [6.07, 6.45) is -5.13. The van der Waals surface area contributed by atoms with Crippen molar-refractivity contribution in [2.45, 2.75) is 50.4 Å². The zero-order valence-electron chi connectivity index (χ0n) is 11.3. The number of carboxylic acid groups (broad SMARTS) is 1. The summed E-state index contributed by atoms with van der Waals surface area (Å²) in [5.41, 5.74) is 0. The molecule has 21 heavy (non-hydrogen) atoms. The zero-order valence-corrected chi connectivity index (χ0v) is 11.3. The Morgan fingerprint density at radius 3 is 2.14 bits per heavy atom. The lowest BCUT2D eigenvalue weighted by Crippen LogP contribution is -2.45. The van der Waals surface area contributed by atoms with Gasteiger partial charge in [0.15, 0.2) is 0 Å². The maximum absolute atomic E-state index is 12.6. The summed E-state index contributed by atoms with van der Waals surface area (Å²) in [5, 5.41) is 18.6. The number of nitrogens with zero attached hydrogens (tertiary/aromatic N) is 1. The van der Waals surface area contributed by atoms with E-state index >= 15 is 0 Å². The number of hydrogen-bond acceptors (Lipinski definition) is 3. The van der Waals surface area contributed by atoms with Gasteiger partial charge in [-0.3, -0.25) is 4.79 Å². The van der Waals surface area contributed by atoms with Gasteiger partial charge in [0.2, 0.25) is 5.91 Å². The molecule has 1 amide bonds. The van der Waals surface area contributed by atoms with E-state index in [1.165, 1.54) is 0 Å². The van der Waals surface area contributed by atoms with Crippen LogP contribution in [0.15, 0.2) is 0 Å². The molecule has 8 heteroatoms. The fourth-order valence-electron chi connectivity index (χ4n) is 3.19. The second-order valence-corrected chi connectivity index (χ2v) is 5.82. The Balaban J connectivity index is 1.97. The van der Waals surface area contributed by atoms with Crippen LogP contribution in [0.1, 0.15) is 32.1 Å². The van der Waals surface area contributed by atoms with Crippen LogP contribution in [0, 0.1) is 11.8 Å². The fraction of sp³-hybridized carbons (Fsp3) is 0.846. The third-order valence-electron chi connectivity index (χ3n) is 4.39. The molecule has 1 saturated carbocycles. The van der Waals surface area contributed by atoms with Crippen molar-refractivity contribution in [1.82, 2.24) is 4.90 Å². The Morgan fingerprint density at radius 2 is 1.67 bits per heavy atom. The summed E-state index contributed by atoms with van der Waals surface area (Å²) in [6, 6.07) is -1.08.